The van der Waals surface area contributed by atoms with Gasteiger partial charge in [-0.05, 0) is 10.6 Å². The van der Waals surface area contributed by atoms with Crippen molar-refractivity contribution in [3.63, 3.8) is 0 Å². The van der Waals surface area contributed by atoms with E-state index in [4.69, 9.17) is 10.1 Å². The van der Waals surface area contributed by atoms with Crippen molar-refractivity contribution in [3.05, 3.63) is 46.3 Å². The molecule has 0 atom stereocenters. The first-order chi connectivity index (χ1) is 9.72. The Labute approximate surface area is 113 Å². The molecule has 1 heterocycles. The van der Waals surface area contributed by atoms with E-state index in [2.05, 4.69) is 25.7 Å². The van der Waals surface area contributed by atoms with Gasteiger partial charge in [-0.1, -0.05) is 35.5 Å². The van der Waals surface area contributed by atoms with Gasteiger partial charge in [-0.25, -0.2) is 5.43 Å². The van der Waals surface area contributed by atoms with Crippen LogP contribution in [0.3, 0.4) is 0 Å². The quantitative estimate of drug-likeness (QED) is 0.302. The van der Waals surface area contributed by atoms with Gasteiger partial charge in [-0.15, -0.1) is 0 Å². The second kappa shape index (κ2) is 6.17. The van der Waals surface area contributed by atoms with Crippen LogP contribution in [0.4, 0.5) is 5.88 Å². The Kier molecular flexibility index (Phi) is 4.10. The molecule has 0 fully saturated rings. The summed E-state index contributed by atoms with van der Waals surface area (Å²) in [5, 5.41) is 11.0. The SMILES string of the molecule is CC(=O)N/N=C/c1c(-c2ccccc2)noc1N=[N+]=[N-]. The highest BCUT2D eigenvalue weighted by Crippen LogP contribution is 2.29. The molecule has 0 spiro atoms. The zero-order chi connectivity index (χ0) is 14.4. The summed E-state index contributed by atoms with van der Waals surface area (Å²) in [5.74, 6) is -0.329. The summed E-state index contributed by atoms with van der Waals surface area (Å²) in [7, 11) is 0. The minimum Gasteiger partial charge on any atom is -0.353 e. The summed E-state index contributed by atoms with van der Waals surface area (Å²) < 4.78 is 4.97. The van der Waals surface area contributed by atoms with E-state index in [9.17, 15) is 4.79 Å². The van der Waals surface area contributed by atoms with E-state index in [1.54, 1.807) is 0 Å². The summed E-state index contributed by atoms with van der Waals surface area (Å²) >= 11 is 0. The molecule has 0 radical (unpaired) electrons. The van der Waals surface area contributed by atoms with E-state index in [1.807, 2.05) is 30.3 Å². The molecule has 2 rings (SSSR count). The Balaban J connectivity index is 2.45. The number of carbonyl (C=O) groups excluding carboxylic acids is 1. The smallest absolute Gasteiger partial charge is 0.236 e. The van der Waals surface area contributed by atoms with E-state index < -0.39 is 0 Å². The molecule has 1 amide bonds. The Bertz CT molecular complexity index is 685. The second-order valence-electron chi connectivity index (χ2n) is 3.73. The Morgan fingerprint density at radius 3 is 2.85 bits per heavy atom. The number of carbonyl (C=O) groups is 1. The van der Waals surface area contributed by atoms with Crippen molar-refractivity contribution in [1.29, 1.82) is 0 Å². The predicted octanol–water partition coefficient (Wildman–Crippen LogP) is 2.75. The molecule has 2 aromatic rings. The van der Waals surface area contributed by atoms with Crippen LogP contribution in [0.1, 0.15) is 12.5 Å². The average Bonchev–Trinajstić information content (AvgIpc) is 2.83. The number of aromatic nitrogens is 1. The van der Waals surface area contributed by atoms with Gasteiger partial charge in [-0.3, -0.25) is 4.79 Å². The lowest BCUT2D eigenvalue weighted by molar-refractivity contribution is -0.118. The van der Waals surface area contributed by atoms with Crippen LogP contribution in [-0.2, 0) is 4.79 Å². The van der Waals surface area contributed by atoms with Crippen LogP contribution >= 0.6 is 0 Å². The highest BCUT2D eigenvalue weighted by atomic mass is 16.5. The van der Waals surface area contributed by atoms with Crippen LogP contribution in [0.15, 0.2) is 45.1 Å². The average molecular weight is 270 g/mol. The first-order valence-electron chi connectivity index (χ1n) is 5.62. The third-order valence-corrected chi connectivity index (χ3v) is 2.31. The Morgan fingerprint density at radius 1 is 1.45 bits per heavy atom. The molecule has 0 saturated carbocycles. The van der Waals surface area contributed by atoms with E-state index in [-0.39, 0.29) is 11.8 Å². The maximum absolute atomic E-state index is 10.8. The van der Waals surface area contributed by atoms with Crippen LogP contribution in [0.5, 0.6) is 0 Å². The molecule has 8 heteroatoms. The van der Waals surface area contributed by atoms with Crippen molar-refractivity contribution >= 4 is 18.0 Å². The molecule has 0 saturated heterocycles. The third-order valence-electron chi connectivity index (χ3n) is 2.31. The summed E-state index contributed by atoms with van der Waals surface area (Å²) in [4.78, 5) is 13.5. The lowest BCUT2D eigenvalue weighted by Gasteiger charge is -1.97. The molecule has 1 N–H and O–H groups in total. The van der Waals surface area contributed by atoms with E-state index in [1.165, 1.54) is 13.1 Å². The van der Waals surface area contributed by atoms with Gasteiger partial charge < -0.3 is 4.52 Å². The first kappa shape index (κ1) is 13.3. The number of nitrogens with one attached hydrogen (secondary N) is 1. The molecule has 8 nitrogen and oxygen atoms in total. The van der Waals surface area contributed by atoms with Crippen molar-refractivity contribution in [3.8, 4) is 11.3 Å². The number of nitrogens with zero attached hydrogens (tertiary/aromatic N) is 5. The first-order valence-corrected chi connectivity index (χ1v) is 5.62. The molecule has 0 aliphatic heterocycles. The third kappa shape index (κ3) is 3.01. The van der Waals surface area contributed by atoms with Gasteiger partial charge in [-0.2, -0.15) is 5.10 Å². The lowest BCUT2D eigenvalue weighted by atomic mass is 10.1. The summed E-state index contributed by atoms with van der Waals surface area (Å²) in [6, 6.07) is 9.20. The van der Waals surface area contributed by atoms with Crippen molar-refractivity contribution in [1.82, 2.24) is 10.6 Å². The molecule has 0 unspecified atom stereocenters. The van der Waals surface area contributed by atoms with Crippen LogP contribution < -0.4 is 5.43 Å². The summed E-state index contributed by atoms with van der Waals surface area (Å²) in [5.41, 5.74) is 12.4. The number of hydrogen-bond donors (Lipinski definition) is 1. The van der Waals surface area contributed by atoms with Crippen LogP contribution in [-0.4, -0.2) is 17.3 Å². The summed E-state index contributed by atoms with van der Waals surface area (Å²) in [6.45, 7) is 1.33. The minimum atomic E-state index is -0.315. The van der Waals surface area contributed by atoms with Gasteiger partial charge in [0, 0.05) is 17.4 Å². The van der Waals surface area contributed by atoms with Crippen molar-refractivity contribution < 1.29 is 9.32 Å². The zero-order valence-corrected chi connectivity index (χ0v) is 10.5. The fourth-order valence-corrected chi connectivity index (χ4v) is 1.51. The number of hydrazone groups is 1. The highest BCUT2D eigenvalue weighted by molar-refractivity contribution is 5.93. The van der Waals surface area contributed by atoms with Crippen molar-refractivity contribution in [2.45, 2.75) is 6.92 Å². The monoisotopic (exact) mass is 270 g/mol. The standard InChI is InChI=1S/C12H10N6O2/c1-8(19)15-14-7-10-11(9-5-3-2-4-6-9)17-20-12(10)16-18-13/h2-7H,1H3,(H,15,19)/b14-7+. The molecule has 0 bridgehead atoms. The van der Waals surface area contributed by atoms with Gasteiger partial charge in [0.15, 0.2) is 0 Å². The number of hydrogen-bond acceptors (Lipinski definition) is 5. The van der Waals surface area contributed by atoms with Gasteiger partial charge in [0.25, 0.3) is 0 Å². The topological polar surface area (TPSA) is 116 Å². The van der Waals surface area contributed by atoms with Crippen molar-refractivity contribution in [2.24, 2.45) is 10.2 Å². The molecule has 1 aromatic heterocycles. The van der Waals surface area contributed by atoms with Crippen LogP contribution in [0.25, 0.3) is 21.7 Å². The lowest BCUT2D eigenvalue weighted by Crippen LogP contribution is -2.12. The maximum Gasteiger partial charge on any atom is 0.236 e. The molecule has 0 aliphatic rings. The highest BCUT2D eigenvalue weighted by Gasteiger charge is 2.14. The van der Waals surface area contributed by atoms with Crippen molar-refractivity contribution in [2.75, 3.05) is 0 Å². The Morgan fingerprint density at radius 2 is 2.20 bits per heavy atom. The van der Waals surface area contributed by atoms with Gasteiger partial charge >= 0.3 is 0 Å². The maximum atomic E-state index is 10.8. The molecular formula is C12H10N6O2. The van der Waals surface area contributed by atoms with Crippen LogP contribution in [0, 0.1) is 0 Å². The van der Waals surface area contributed by atoms with E-state index in [0.717, 1.165) is 5.56 Å². The molecule has 100 valence electrons. The largest absolute Gasteiger partial charge is 0.353 e. The summed E-state index contributed by atoms with van der Waals surface area (Å²) in [6.07, 6.45) is 1.32. The zero-order valence-electron chi connectivity index (χ0n) is 10.5. The molecular weight excluding hydrogens is 260 g/mol. The number of azide groups is 1. The molecule has 20 heavy (non-hydrogen) atoms. The van der Waals surface area contributed by atoms with Gasteiger partial charge in [0.1, 0.15) is 5.69 Å². The van der Waals surface area contributed by atoms with Crippen LogP contribution in [0.2, 0.25) is 0 Å². The van der Waals surface area contributed by atoms with E-state index >= 15 is 0 Å². The number of amides is 1. The predicted molar refractivity (Wildman–Crippen MR) is 72.2 cm³/mol. The fraction of sp³-hybridized carbons (Fsp3) is 0.0833. The minimum absolute atomic E-state index is 0.0135. The number of rotatable bonds is 4. The molecule has 1 aromatic carbocycles. The molecule has 0 aliphatic carbocycles. The normalized spacial score (nSPS) is 10.2. The Hall–Kier alpha value is -3.12. The second-order valence-corrected chi connectivity index (χ2v) is 3.73. The fourth-order valence-electron chi connectivity index (χ4n) is 1.51. The van der Waals surface area contributed by atoms with Gasteiger partial charge in [0.05, 0.1) is 11.8 Å². The van der Waals surface area contributed by atoms with E-state index in [0.29, 0.717) is 11.3 Å². The van der Waals surface area contributed by atoms with Gasteiger partial charge in [0.2, 0.25) is 11.8 Å². The number of benzene rings is 1.